The molecule has 0 aromatic heterocycles. The molecule has 0 saturated carbocycles. The lowest BCUT2D eigenvalue weighted by atomic mass is 10.2. The highest BCUT2D eigenvalue weighted by Crippen LogP contribution is 2.22. The maximum atomic E-state index is 11.9. The highest BCUT2D eigenvalue weighted by Gasteiger charge is 2.11. The number of carbonyl (C=O) groups excluding carboxylic acids is 3. The fourth-order valence-electron chi connectivity index (χ4n) is 2.43. The molecule has 9 nitrogen and oxygen atoms in total. The van der Waals surface area contributed by atoms with E-state index in [1.807, 2.05) is 0 Å². The van der Waals surface area contributed by atoms with E-state index in [1.165, 1.54) is 24.3 Å². The Morgan fingerprint density at radius 3 is 2.40 bits per heavy atom. The van der Waals surface area contributed by atoms with E-state index in [1.54, 1.807) is 25.1 Å². The molecule has 0 spiro atoms. The molecule has 2 N–H and O–H groups in total. The van der Waals surface area contributed by atoms with Crippen molar-refractivity contribution in [3.05, 3.63) is 63.2 Å². The van der Waals surface area contributed by atoms with Crippen LogP contribution in [0.2, 0.25) is 5.02 Å². The number of nitro benzene ring substituents is 1. The summed E-state index contributed by atoms with van der Waals surface area (Å²) < 4.78 is 4.90. The second-order valence-electron chi connectivity index (χ2n) is 6.33. The first-order valence-electron chi connectivity index (χ1n) is 9.01. The molecule has 2 aromatic carbocycles. The zero-order chi connectivity index (χ0) is 22.1. The molecule has 0 saturated heterocycles. The van der Waals surface area contributed by atoms with Crippen molar-refractivity contribution in [1.82, 2.24) is 0 Å². The summed E-state index contributed by atoms with van der Waals surface area (Å²) in [6, 6.07) is 10.5. The van der Waals surface area contributed by atoms with Crippen molar-refractivity contribution in [3.8, 4) is 0 Å². The molecule has 0 fully saturated rings. The molecule has 2 amide bonds. The summed E-state index contributed by atoms with van der Waals surface area (Å²) >= 11 is 5.98. The lowest BCUT2D eigenvalue weighted by molar-refractivity contribution is -0.384. The Hall–Kier alpha value is -3.46. The van der Waals surface area contributed by atoms with Gasteiger partial charge in [-0.1, -0.05) is 17.7 Å². The Labute approximate surface area is 177 Å². The Balaban J connectivity index is 1.66. The van der Waals surface area contributed by atoms with Crippen molar-refractivity contribution < 1.29 is 24.0 Å². The van der Waals surface area contributed by atoms with Gasteiger partial charge < -0.3 is 15.4 Å². The summed E-state index contributed by atoms with van der Waals surface area (Å²) in [5.41, 5.74) is 1.58. The van der Waals surface area contributed by atoms with E-state index in [2.05, 4.69) is 10.6 Å². The number of benzene rings is 2. The molecule has 2 aromatic rings. The van der Waals surface area contributed by atoms with Gasteiger partial charge in [0.1, 0.15) is 0 Å². The van der Waals surface area contributed by atoms with Gasteiger partial charge in [-0.15, -0.1) is 0 Å². The fourth-order valence-corrected chi connectivity index (χ4v) is 2.61. The van der Waals surface area contributed by atoms with Gasteiger partial charge in [0.2, 0.25) is 5.91 Å². The smallest absolute Gasteiger partial charge is 0.306 e. The summed E-state index contributed by atoms with van der Waals surface area (Å²) in [6.45, 7) is 1.31. The Kier molecular flexibility index (Phi) is 8.30. The van der Waals surface area contributed by atoms with Crippen molar-refractivity contribution in [3.63, 3.8) is 0 Å². The zero-order valence-electron chi connectivity index (χ0n) is 16.1. The van der Waals surface area contributed by atoms with Gasteiger partial charge in [-0.25, -0.2) is 0 Å². The molecule has 30 heavy (non-hydrogen) atoms. The molecule has 0 aliphatic carbocycles. The van der Waals surface area contributed by atoms with Crippen LogP contribution in [0.25, 0.3) is 0 Å². The van der Waals surface area contributed by atoms with Gasteiger partial charge in [0.25, 0.3) is 11.6 Å². The number of halogens is 1. The van der Waals surface area contributed by atoms with Gasteiger partial charge >= 0.3 is 5.97 Å². The van der Waals surface area contributed by atoms with Crippen LogP contribution in [0.5, 0.6) is 0 Å². The molecule has 0 bridgehead atoms. The number of nitrogens with one attached hydrogen (secondary N) is 2. The van der Waals surface area contributed by atoms with E-state index >= 15 is 0 Å². The van der Waals surface area contributed by atoms with Crippen molar-refractivity contribution in [2.75, 3.05) is 17.2 Å². The molecular formula is C20H20ClN3O6. The van der Waals surface area contributed by atoms with Gasteiger partial charge in [0.15, 0.2) is 6.61 Å². The van der Waals surface area contributed by atoms with E-state index in [0.717, 1.165) is 0 Å². The van der Waals surface area contributed by atoms with Gasteiger partial charge in [-0.2, -0.15) is 0 Å². The Bertz CT molecular complexity index is 946. The van der Waals surface area contributed by atoms with Crippen LogP contribution in [-0.4, -0.2) is 29.3 Å². The second-order valence-corrected chi connectivity index (χ2v) is 6.73. The zero-order valence-corrected chi connectivity index (χ0v) is 16.9. The van der Waals surface area contributed by atoms with Crippen molar-refractivity contribution in [2.45, 2.75) is 26.2 Å². The molecule has 0 aliphatic rings. The largest absolute Gasteiger partial charge is 0.456 e. The van der Waals surface area contributed by atoms with Crippen molar-refractivity contribution >= 4 is 46.4 Å². The number of non-ortho nitro benzene ring substituents is 1. The first kappa shape index (κ1) is 22.8. The molecule has 0 heterocycles. The third kappa shape index (κ3) is 7.17. The van der Waals surface area contributed by atoms with E-state index in [9.17, 15) is 24.5 Å². The highest BCUT2D eigenvalue weighted by atomic mass is 35.5. The Morgan fingerprint density at radius 1 is 1.03 bits per heavy atom. The average molecular weight is 434 g/mol. The topological polar surface area (TPSA) is 128 Å². The molecule has 158 valence electrons. The maximum Gasteiger partial charge on any atom is 0.306 e. The van der Waals surface area contributed by atoms with Gasteiger partial charge in [0, 0.05) is 41.4 Å². The fraction of sp³-hybridized carbons (Fsp3) is 0.250. The molecule has 0 unspecified atom stereocenters. The second kappa shape index (κ2) is 10.9. The van der Waals surface area contributed by atoms with Crippen LogP contribution < -0.4 is 10.6 Å². The minimum Gasteiger partial charge on any atom is -0.456 e. The molecular weight excluding hydrogens is 414 g/mol. The minimum atomic E-state index is -0.601. The average Bonchev–Trinajstić information content (AvgIpc) is 2.70. The summed E-state index contributed by atoms with van der Waals surface area (Å²) in [6.07, 6.45) is 0.254. The lowest BCUT2D eigenvalue weighted by Crippen LogP contribution is -2.21. The number of amides is 2. The summed E-state index contributed by atoms with van der Waals surface area (Å²) in [4.78, 5) is 45.6. The van der Waals surface area contributed by atoms with Crippen molar-refractivity contribution in [2.24, 2.45) is 0 Å². The molecule has 2 rings (SSSR count). The van der Waals surface area contributed by atoms with Crippen LogP contribution in [0.15, 0.2) is 42.5 Å². The van der Waals surface area contributed by atoms with Gasteiger partial charge in [-0.05, 0) is 43.2 Å². The maximum absolute atomic E-state index is 11.9. The predicted molar refractivity (Wildman–Crippen MR) is 111 cm³/mol. The van der Waals surface area contributed by atoms with E-state index in [0.29, 0.717) is 22.0 Å². The van der Waals surface area contributed by atoms with Gasteiger partial charge in [0.05, 0.1) is 4.92 Å². The molecule has 0 atom stereocenters. The number of anilines is 2. The highest BCUT2D eigenvalue weighted by molar-refractivity contribution is 6.31. The molecule has 0 radical (unpaired) electrons. The summed E-state index contributed by atoms with van der Waals surface area (Å²) in [5, 5.41) is 16.3. The predicted octanol–water partition coefficient (Wildman–Crippen LogP) is 3.85. The van der Waals surface area contributed by atoms with Crippen LogP contribution in [0.1, 0.15) is 24.8 Å². The van der Waals surface area contributed by atoms with Crippen LogP contribution >= 0.6 is 11.6 Å². The number of rotatable bonds is 9. The number of carbonyl (C=O) groups is 3. The quantitative estimate of drug-likeness (QED) is 0.351. The Morgan fingerprint density at radius 2 is 1.73 bits per heavy atom. The molecule has 10 heteroatoms. The lowest BCUT2D eigenvalue weighted by Gasteiger charge is -2.10. The van der Waals surface area contributed by atoms with Crippen LogP contribution in [0.4, 0.5) is 17.1 Å². The third-order valence-electron chi connectivity index (χ3n) is 4.05. The van der Waals surface area contributed by atoms with Crippen LogP contribution in [0.3, 0.4) is 0 Å². The van der Waals surface area contributed by atoms with E-state index in [-0.39, 0.29) is 30.9 Å². The number of hydrogen-bond donors (Lipinski definition) is 2. The summed E-state index contributed by atoms with van der Waals surface area (Å²) in [5.74, 6) is -1.44. The first-order chi connectivity index (χ1) is 14.3. The van der Waals surface area contributed by atoms with Crippen molar-refractivity contribution in [1.29, 1.82) is 0 Å². The molecule has 0 aliphatic heterocycles. The summed E-state index contributed by atoms with van der Waals surface area (Å²) in [7, 11) is 0. The number of nitrogens with zero attached hydrogens (tertiary/aromatic N) is 1. The van der Waals surface area contributed by atoms with Crippen LogP contribution in [-0.2, 0) is 19.1 Å². The number of esters is 1. The monoisotopic (exact) mass is 433 g/mol. The standard InChI is InChI=1S/C20H20ClN3O6/c1-13-16(21)4-2-5-17(13)23-19(26)12-30-20(27)7-3-6-18(25)22-14-8-10-15(11-9-14)24(28)29/h2,4-5,8-11H,3,6-7,12H2,1H3,(H,22,25)(H,23,26). The van der Waals surface area contributed by atoms with Gasteiger partial charge in [-0.3, -0.25) is 24.5 Å². The van der Waals surface area contributed by atoms with E-state index < -0.39 is 23.4 Å². The number of hydrogen-bond acceptors (Lipinski definition) is 6. The van der Waals surface area contributed by atoms with E-state index in [4.69, 9.17) is 16.3 Å². The first-order valence-corrected chi connectivity index (χ1v) is 9.39. The number of nitro groups is 1. The van der Waals surface area contributed by atoms with Crippen LogP contribution in [0, 0.1) is 17.0 Å². The minimum absolute atomic E-state index is 0.0306. The third-order valence-corrected chi connectivity index (χ3v) is 4.46. The normalized spacial score (nSPS) is 10.2. The SMILES string of the molecule is Cc1c(Cl)cccc1NC(=O)COC(=O)CCCC(=O)Nc1ccc([N+](=O)[O-])cc1. The number of ether oxygens (including phenoxy) is 1.